The van der Waals surface area contributed by atoms with Crippen LogP contribution in [0.3, 0.4) is 0 Å². The predicted molar refractivity (Wildman–Crippen MR) is 98.7 cm³/mol. The van der Waals surface area contributed by atoms with Gasteiger partial charge in [0.05, 0.1) is 6.54 Å². The number of piperazine rings is 1. The van der Waals surface area contributed by atoms with Crippen molar-refractivity contribution in [1.29, 1.82) is 0 Å². The van der Waals surface area contributed by atoms with Crippen molar-refractivity contribution in [3.8, 4) is 11.7 Å². The van der Waals surface area contributed by atoms with Crippen LogP contribution in [0.15, 0.2) is 21.1 Å². The summed E-state index contributed by atoms with van der Waals surface area (Å²) >= 11 is 0. The third-order valence-electron chi connectivity index (χ3n) is 5.63. The monoisotopic (exact) mass is 359 g/mol. The summed E-state index contributed by atoms with van der Waals surface area (Å²) in [5.74, 6) is 3.58. The number of hydrogen-bond acceptors (Lipinski definition) is 7. The summed E-state index contributed by atoms with van der Waals surface area (Å²) in [4.78, 5) is 11.7. The molecule has 0 radical (unpaired) electrons. The summed E-state index contributed by atoms with van der Waals surface area (Å²) in [6.45, 7) is 7.52. The Kier molecular flexibility index (Phi) is 5.38. The lowest BCUT2D eigenvalue weighted by Gasteiger charge is -2.31. The molecule has 0 bridgehead atoms. The van der Waals surface area contributed by atoms with Crippen LogP contribution in [-0.4, -0.2) is 78.2 Å². The maximum Gasteiger partial charge on any atom is 0.293 e. The van der Waals surface area contributed by atoms with E-state index in [1.54, 1.807) is 0 Å². The fourth-order valence-electron chi connectivity index (χ4n) is 3.77. The van der Waals surface area contributed by atoms with E-state index < -0.39 is 0 Å². The molecule has 4 heterocycles. The lowest BCUT2D eigenvalue weighted by Crippen LogP contribution is -2.43. The minimum absolute atomic E-state index is 0.498. The molecule has 2 aromatic heterocycles. The van der Waals surface area contributed by atoms with E-state index in [0.717, 1.165) is 63.8 Å². The van der Waals surface area contributed by atoms with E-state index in [4.69, 9.17) is 8.94 Å². The number of likely N-dealkylation sites (N-methyl/N-ethyl adjacent to an activating group) is 1. The number of rotatable bonds is 5. The van der Waals surface area contributed by atoms with Gasteiger partial charge in [-0.05, 0) is 58.1 Å². The standard InChI is InChI=1S/C19H29N5O2/c1-22-7-5-15(6-8-22)13-18-20-19(26-21-18)17-4-3-16(25-17)14-24-11-9-23(2)10-12-24/h3-4,15H,5-14H2,1-2H3. The molecule has 0 aliphatic carbocycles. The van der Waals surface area contributed by atoms with E-state index in [0.29, 0.717) is 17.6 Å². The van der Waals surface area contributed by atoms with E-state index in [9.17, 15) is 0 Å². The Bertz CT molecular complexity index is 636. The summed E-state index contributed by atoms with van der Waals surface area (Å²) in [5, 5.41) is 4.16. The zero-order chi connectivity index (χ0) is 17.9. The van der Waals surface area contributed by atoms with Crippen LogP contribution in [0.25, 0.3) is 11.7 Å². The highest BCUT2D eigenvalue weighted by atomic mass is 16.5. The first-order chi connectivity index (χ1) is 12.7. The first-order valence-electron chi connectivity index (χ1n) is 9.67. The van der Waals surface area contributed by atoms with Crippen LogP contribution in [0.1, 0.15) is 24.4 Å². The molecule has 0 spiro atoms. The Hall–Kier alpha value is -1.70. The van der Waals surface area contributed by atoms with Crippen molar-refractivity contribution in [2.45, 2.75) is 25.8 Å². The number of likely N-dealkylation sites (tertiary alicyclic amines) is 1. The molecule has 2 fully saturated rings. The number of aromatic nitrogens is 2. The number of piperidine rings is 1. The lowest BCUT2D eigenvalue weighted by atomic mass is 9.94. The fourth-order valence-corrected chi connectivity index (χ4v) is 3.77. The van der Waals surface area contributed by atoms with Crippen molar-refractivity contribution in [3.63, 3.8) is 0 Å². The van der Waals surface area contributed by atoms with Gasteiger partial charge in [0, 0.05) is 32.6 Å². The number of hydrogen-bond donors (Lipinski definition) is 0. The molecule has 4 rings (SSSR count). The second-order valence-corrected chi connectivity index (χ2v) is 7.81. The van der Waals surface area contributed by atoms with Crippen LogP contribution in [-0.2, 0) is 13.0 Å². The van der Waals surface area contributed by atoms with Gasteiger partial charge in [-0.15, -0.1) is 0 Å². The van der Waals surface area contributed by atoms with E-state index in [1.807, 2.05) is 12.1 Å². The first-order valence-corrected chi connectivity index (χ1v) is 9.67. The molecule has 0 atom stereocenters. The van der Waals surface area contributed by atoms with Crippen LogP contribution in [0.4, 0.5) is 0 Å². The van der Waals surface area contributed by atoms with Crippen molar-refractivity contribution < 1.29 is 8.94 Å². The van der Waals surface area contributed by atoms with Gasteiger partial charge in [0.15, 0.2) is 11.6 Å². The van der Waals surface area contributed by atoms with Gasteiger partial charge >= 0.3 is 0 Å². The molecule has 7 heteroatoms. The lowest BCUT2D eigenvalue weighted by molar-refractivity contribution is 0.140. The van der Waals surface area contributed by atoms with Crippen molar-refractivity contribution in [2.24, 2.45) is 5.92 Å². The van der Waals surface area contributed by atoms with Gasteiger partial charge in [-0.25, -0.2) is 0 Å². The molecule has 2 saturated heterocycles. The van der Waals surface area contributed by atoms with Gasteiger partial charge < -0.3 is 18.7 Å². The Balaban J connectivity index is 1.33. The van der Waals surface area contributed by atoms with Gasteiger partial charge in [0.1, 0.15) is 5.76 Å². The summed E-state index contributed by atoms with van der Waals surface area (Å²) in [6.07, 6.45) is 3.30. The third-order valence-corrected chi connectivity index (χ3v) is 5.63. The second kappa shape index (κ2) is 7.90. The van der Waals surface area contributed by atoms with Gasteiger partial charge in [0.2, 0.25) is 0 Å². The van der Waals surface area contributed by atoms with Crippen LogP contribution in [0, 0.1) is 5.92 Å². The van der Waals surface area contributed by atoms with E-state index >= 15 is 0 Å². The molecule has 142 valence electrons. The van der Waals surface area contributed by atoms with Crippen LogP contribution < -0.4 is 0 Å². The highest BCUT2D eigenvalue weighted by molar-refractivity contribution is 5.44. The average molecular weight is 359 g/mol. The SMILES string of the molecule is CN1CCC(Cc2noc(-c3ccc(CN4CCN(C)CC4)o3)n2)CC1. The van der Waals surface area contributed by atoms with Crippen molar-refractivity contribution in [2.75, 3.05) is 53.4 Å². The normalized spacial score (nSPS) is 21.5. The molecular weight excluding hydrogens is 330 g/mol. The van der Waals surface area contributed by atoms with Crippen molar-refractivity contribution >= 4 is 0 Å². The molecular formula is C19H29N5O2. The summed E-state index contributed by atoms with van der Waals surface area (Å²) in [7, 11) is 4.35. The van der Waals surface area contributed by atoms with E-state index in [2.05, 4.69) is 38.9 Å². The molecule has 26 heavy (non-hydrogen) atoms. The van der Waals surface area contributed by atoms with Gasteiger partial charge in [-0.3, -0.25) is 4.90 Å². The van der Waals surface area contributed by atoms with Gasteiger partial charge in [-0.1, -0.05) is 5.16 Å². The molecule has 0 N–H and O–H groups in total. The van der Waals surface area contributed by atoms with Crippen LogP contribution in [0.5, 0.6) is 0 Å². The highest BCUT2D eigenvalue weighted by Gasteiger charge is 2.21. The number of furan rings is 1. The van der Waals surface area contributed by atoms with Crippen LogP contribution in [0.2, 0.25) is 0 Å². The Morgan fingerprint density at radius 2 is 1.73 bits per heavy atom. The molecule has 0 saturated carbocycles. The maximum absolute atomic E-state index is 5.96. The largest absolute Gasteiger partial charge is 0.455 e. The second-order valence-electron chi connectivity index (χ2n) is 7.81. The molecule has 2 aliphatic rings. The fraction of sp³-hybridized carbons (Fsp3) is 0.684. The summed E-state index contributed by atoms with van der Waals surface area (Å²) < 4.78 is 11.4. The predicted octanol–water partition coefficient (Wildman–Crippen LogP) is 1.96. The Labute approximate surface area is 154 Å². The van der Waals surface area contributed by atoms with Crippen molar-refractivity contribution in [1.82, 2.24) is 24.8 Å². The zero-order valence-corrected chi connectivity index (χ0v) is 15.9. The molecule has 2 aliphatic heterocycles. The van der Waals surface area contributed by atoms with Gasteiger partial charge in [-0.2, -0.15) is 4.98 Å². The molecule has 0 aromatic carbocycles. The highest BCUT2D eigenvalue weighted by Crippen LogP contribution is 2.24. The third kappa shape index (κ3) is 4.34. The zero-order valence-electron chi connectivity index (χ0n) is 15.9. The maximum atomic E-state index is 5.96. The Morgan fingerprint density at radius 3 is 2.50 bits per heavy atom. The quantitative estimate of drug-likeness (QED) is 0.809. The summed E-state index contributed by atoms with van der Waals surface area (Å²) in [6, 6.07) is 3.97. The van der Waals surface area contributed by atoms with E-state index in [1.165, 1.54) is 12.8 Å². The molecule has 0 unspecified atom stereocenters. The minimum atomic E-state index is 0.498. The van der Waals surface area contributed by atoms with E-state index in [-0.39, 0.29) is 0 Å². The molecule has 0 amide bonds. The first kappa shape index (κ1) is 17.7. The Morgan fingerprint density at radius 1 is 1.00 bits per heavy atom. The smallest absolute Gasteiger partial charge is 0.293 e. The molecule has 7 nitrogen and oxygen atoms in total. The topological polar surface area (TPSA) is 61.8 Å². The minimum Gasteiger partial charge on any atom is -0.455 e. The molecule has 2 aromatic rings. The average Bonchev–Trinajstić information content (AvgIpc) is 3.28. The number of nitrogens with zero attached hydrogens (tertiary/aromatic N) is 5. The van der Waals surface area contributed by atoms with Crippen molar-refractivity contribution in [3.05, 3.63) is 23.7 Å². The van der Waals surface area contributed by atoms with Gasteiger partial charge in [0.25, 0.3) is 5.89 Å². The van der Waals surface area contributed by atoms with Crippen LogP contribution >= 0.6 is 0 Å². The summed E-state index contributed by atoms with van der Waals surface area (Å²) in [5.41, 5.74) is 0.